The molecule has 0 saturated heterocycles. The molecule has 0 amide bonds. The van der Waals surface area contributed by atoms with Crippen LogP contribution in [0.4, 0.5) is 0 Å². The molecule has 4 rings (SSSR count). The van der Waals surface area contributed by atoms with Crippen LogP contribution in [0.1, 0.15) is 34.1 Å². The summed E-state index contributed by atoms with van der Waals surface area (Å²) in [6.45, 7) is 6.67. The van der Waals surface area contributed by atoms with Crippen LogP contribution in [0.5, 0.6) is 0 Å². The van der Waals surface area contributed by atoms with Crippen molar-refractivity contribution in [1.82, 2.24) is 14.9 Å². The van der Waals surface area contributed by atoms with Gasteiger partial charge in [0.25, 0.3) is 0 Å². The van der Waals surface area contributed by atoms with Crippen molar-refractivity contribution in [3.8, 4) is 0 Å². The number of thiophene rings is 1. The minimum atomic E-state index is 0.167. The smallest absolute Gasteiger partial charge is 0.0642 e. The average Bonchev–Trinajstić information content (AvgIpc) is 3.36. The molecule has 0 saturated carbocycles. The van der Waals surface area contributed by atoms with Crippen LogP contribution in [0.3, 0.4) is 0 Å². The van der Waals surface area contributed by atoms with Crippen molar-refractivity contribution < 1.29 is 4.74 Å². The van der Waals surface area contributed by atoms with Crippen molar-refractivity contribution in [2.24, 2.45) is 0 Å². The van der Waals surface area contributed by atoms with E-state index in [0.717, 1.165) is 25.2 Å². The molecular weight excluding hydrogens is 390 g/mol. The van der Waals surface area contributed by atoms with Gasteiger partial charge in [-0.1, -0.05) is 24.3 Å². The lowest BCUT2D eigenvalue weighted by Crippen LogP contribution is -2.24. The van der Waals surface area contributed by atoms with Crippen molar-refractivity contribution in [3.63, 3.8) is 0 Å². The Bertz CT molecular complexity index is 1080. The standard InChI is InChI=1S/C25H29N3OS/c1-18-8-9-23(26-15-18)24(14-20-10-13-30-17-20)27-16-22-19(2)28(11-12-29-3)25-7-5-4-6-21(22)25/h4-10,13,15,17,24,27H,11-12,14,16H2,1-3H3/t24-/m0/s1. The summed E-state index contributed by atoms with van der Waals surface area (Å²) in [5.74, 6) is 0. The van der Waals surface area contributed by atoms with Gasteiger partial charge in [-0.3, -0.25) is 4.98 Å². The van der Waals surface area contributed by atoms with E-state index in [1.807, 2.05) is 6.20 Å². The summed E-state index contributed by atoms with van der Waals surface area (Å²) in [4.78, 5) is 4.72. The summed E-state index contributed by atoms with van der Waals surface area (Å²) in [5.41, 5.74) is 7.54. The number of ether oxygens (including phenoxy) is 1. The third kappa shape index (κ3) is 4.48. The lowest BCUT2D eigenvalue weighted by atomic mass is 10.0. The lowest BCUT2D eigenvalue weighted by Gasteiger charge is -2.19. The largest absolute Gasteiger partial charge is 0.383 e. The van der Waals surface area contributed by atoms with Gasteiger partial charge in [0.1, 0.15) is 0 Å². The Hall–Kier alpha value is -2.47. The first kappa shape index (κ1) is 20.8. The van der Waals surface area contributed by atoms with Gasteiger partial charge in [0, 0.05) is 43.0 Å². The molecule has 4 aromatic rings. The summed E-state index contributed by atoms with van der Waals surface area (Å²) in [6, 6.07) is 15.3. The van der Waals surface area contributed by atoms with Crippen molar-refractivity contribution in [2.45, 2.75) is 39.4 Å². The molecule has 0 bridgehead atoms. The number of aryl methyl sites for hydroxylation is 1. The molecule has 0 fully saturated rings. The van der Waals surface area contributed by atoms with Crippen LogP contribution in [-0.4, -0.2) is 23.3 Å². The van der Waals surface area contributed by atoms with Crippen LogP contribution in [0.25, 0.3) is 10.9 Å². The van der Waals surface area contributed by atoms with Crippen molar-refractivity contribution in [1.29, 1.82) is 0 Å². The Morgan fingerprint density at radius 3 is 2.73 bits per heavy atom. The second-order valence-corrected chi connectivity index (χ2v) is 8.54. The second kappa shape index (κ2) is 9.56. The Morgan fingerprint density at radius 1 is 1.13 bits per heavy atom. The number of methoxy groups -OCH3 is 1. The maximum atomic E-state index is 5.34. The zero-order valence-electron chi connectivity index (χ0n) is 17.9. The highest BCUT2D eigenvalue weighted by molar-refractivity contribution is 7.07. The van der Waals surface area contributed by atoms with E-state index in [9.17, 15) is 0 Å². The number of para-hydroxylation sites is 1. The van der Waals surface area contributed by atoms with Gasteiger partial charge >= 0.3 is 0 Å². The van der Waals surface area contributed by atoms with Gasteiger partial charge in [-0.15, -0.1) is 0 Å². The summed E-state index contributed by atoms with van der Waals surface area (Å²) in [6.07, 6.45) is 2.89. The SMILES string of the molecule is COCCn1c(C)c(CN[C@@H](Cc2ccsc2)c2ccc(C)cn2)c2ccccc21. The van der Waals surface area contributed by atoms with Gasteiger partial charge in [-0.25, -0.2) is 0 Å². The zero-order chi connectivity index (χ0) is 20.9. The number of benzene rings is 1. The highest BCUT2D eigenvalue weighted by Crippen LogP contribution is 2.27. The van der Waals surface area contributed by atoms with Crippen LogP contribution in [0, 0.1) is 13.8 Å². The van der Waals surface area contributed by atoms with Gasteiger partial charge in [0.05, 0.1) is 18.3 Å². The minimum absolute atomic E-state index is 0.167. The number of nitrogens with zero attached hydrogens (tertiary/aromatic N) is 2. The van der Waals surface area contributed by atoms with Crippen LogP contribution < -0.4 is 5.32 Å². The molecule has 156 valence electrons. The molecule has 0 aliphatic carbocycles. The molecule has 0 aliphatic rings. The fourth-order valence-corrected chi connectivity index (χ4v) is 4.71. The Morgan fingerprint density at radius 2 is 2.00 bits per heavy atom. The molecule has 1 atom stereocenters. The first-order valence-electron chi connectivity index (χ1n) is 10.4. The van der Waals surface area contributed by atoms with E-state index < -0.39 is 0 Å². The Labute approximate surface area is 182 Å². The molecule has 5 heteroatoms. The molecule has 0 spiro atoms. The highest BCUT2D eigenvalue weighted by Gasteiger charge is 2.18. The van der Waals surface area contributed by atoms with Crippen molar-refractivity contribution >= 4 is 22.2 Å². The number of nitrogens with one attached hydrogen (secondary N) is 1. The summed E-state index contributed by atoms with van der Waals surface area (Å²) >= 11 is 1.75. The number of hydrogen-bond acceptors (Lipinski definition) is 4. The first-order chi connectivity index (χ1) is 14.7. The van der Waals surface area contributed by atoms with E-state index in [-0.39, 0.29) is 6.04 Å². The number of pyridine rings is 1. The normalized spacial score (nSPS) is 12.5. The molecule has 3 heterocycles. The van der Waals surface area contributed by atoms with E-state index >= 15 is 0 Å². The van der Waals surface area contributed by atoms with Crippen molar-refractivity contribution in [2.75, 3.05) is 13.7 Å². The molecule has 4 nitrogen and oxygen atoms in total. The topological polar surface area (TPSA) is 39.1 Å². The summed E-state index contributed by atoms with van der Waals surface area (Å²) in [7, 11) is 1.76. The molecule has 0 aliphatic heterocycles. The maximum Gasteiger partial charge on any atom is 0.0642 e. The molecule has 30 heavy (non-hydrogen) atoms. The average molecular weight is 420 g/mol. The number of hydrogen-bond donors (Lipinski definition) is 1. The molecule has 0 radical (unpaired) electrons. The fourth-order valence-electron chi connectivity index (χ4n) is 4.03. The lowest BCUT2D eigenvalue weighted by molar-refractivity contribution is 0.188. The third-order valence-electron chi connectivity index (χ3n) is 5.72. The van der Waals surface area contributed by atoms with Gasteiger partial charge in [-0.2, -0.15) is 11.3 Å². The quantitative estimate of drug-likeness (QED) is 0.393. The van der Waals surface area contributed by atoms with E-state index in [4.69, 9.17) is 9.72 Å². The molecule has 0 unspecified atom stereocenters. The summed E-state index contributed by atoms with van der Waals surface area (Å²) in [5, 5.41) is 9.49. The van der Waals surface area contributed by atoms with Crippen LogP contribution in [0.15, 0.2) is 59.4 Å². The van der Waals surface area contributed by atoms with Crippen LogP contribution >= 0.6 is 11.3 Å². The molecular formula is C25H29N3OS. The predicted octanol–water partition coefficient (Wildman–Crippen LogP) is 5.43. The Balaban J connectivity index is 1.62. The van der Waals surface area contributed by atoms with Crippen LogP contribution in [-0.2, 0) is 24.2 Å². The minimum Gasteiger partial charge on any atom is -0.383 e. The summed E-state index contributed by atoms with van der Waals surface area (Å²) < 4.78 is 7.71. The molecule has 3 aromatic heterocycles. The van der Waals surface area contributed by atoms with Gasteiger partial charge < -0.3 is 14.6 Å². The monoisotopic (exact) mass is 419 g/mol. The second-order valence-electron chi connectivity index (χ2n) is 7.76. The van der Waals surface area contributed by atoms with Crippen LogP contribution in [0.2, 0.25) is 0 Å². The van der Waals surface area contributed by atoms with Crippen molar-refractivity contribution in [3.05, 3.63) is 87.5 Å². The maximum absolute atomic E-state index is 5.34. The van der Waals surface area contributed by atoms with E-state index in [2.05, 4.69) is 77.0 Å². The molecule has 1 N–H and O–H groups in total. The zero-order valence-corrected chi connectivity index (χ0v) is 18.7. The van der Waals surface area contributed by atoms with E-state index in [0.29, 0.717) is 6.61 Å². The number of fused-ring (bicyclic) bond motifs is 1. The third-order valence-corrected chi connectivity index (χ3v) is 6.45. The predicted molar refractivity (Wildman–Crippen MR) is 125 cm³/mol. The van der Waals surface area contributed by atoms with Gasteiger partial charge in [-0.05, 0) is 65.9 Å². The number of aromatic nitrogens is 2. The van der Waals surface area contributed by atoms with E-state index in [1.54, 1.807) is 18.4 Å². The highest BCUT2D eigenvalue weighted by atomic mass is 32.1. The molecule has 1 aromatic carbocycles. The van der Waals surface area contributed by atoms with Gasteiger partial charge in [0.2, 0.25) is 0 Å². The fraction of sp³-hybridized carbons (Fsp3) is 0.320. The Kier molecular flexibility index (Phi) is 6.62. The first-order valence-corrected chi connectivity index (χ1v) is 11.3. The van der Waals surface area contributed by atoms with E-state index in [1.165, 1.54) is 33.3 Å². The number of rotatable bonds is 9. The van der Waals surface area contributed by atoms with Gasteiger partial charge in [0.15, 0.2) is 0 Å².